The molecule has 0 saturated heterocycles. The molecule has 0 bridgehead atoms. The van der Waals surface area contributed by atoms with Gasteiger partial charge in [-0.15, -0.1) is 0 Å². The molecule has 0 aliphatic carbocycles. The Labute approximate surface area is 134 Å². The molecule has 0 N–H and O–H groups in total. The van der Waals surface area contributed by atoms with Crippen molar-refractivity contribution in [2.75, 3.05) is 0 Å². The van der Waals surface area contributed by atoms with E-state index in [1.807, 2.05) is 72.8 Å². The van der Waals surface area contributed by atoms with Crippen LogP contribution in [0.3, 0.4) is 0 Å². The standard InChI is InChI=1S/C18H15N5/c1-3-9-16(10-4-1)20-22-18(15-8-7-13-19-14-15)23-21-17-11-5-2-6-12-17/h1-14,18H. The number of hydrogen-bond acceptors (Lipinski definition) is 5. The van der Waals surface area contributed by atoms with Gasteiger partial charge in [-0.2, -0.15) is 20.5 Å². The summed E-state index contributed by atoms with van der Waals surface area (Å²) in [4.78, 5) is 4.11. The van der Waals surface area contributed by atoms with Crippen molar-refractivity contribution in [2.45, 2.75) is 6.17 Å². The predicted molar refractivity (Wildman–Crippen MR) is 88.9 cm³/mol. The van der Waals surface area contributed by atoms with Crippen LogP contribution in [0.25, 0.3) is 0 Å². The highest BCUT2D eigenvalue weighted by molar-refractivity contribution is 5.35. The molecule has 2 aromatic carbocycles. The fourth-order valence-electron chi connectivity index (χ4n) is 1.92. The van der Waals surface area contributed by atoms with Crippen LogP contribution in [0.5, 0.6) is 0 Å². The van der Waals surface area contributed by atoms with E-state index in [4.69, 9.17) is 0 Å². The topological polar surface area (TPSA) is 62.3 Å². The highest BCUT2D eigenvalue weighted by Gasteiger charge is 2.08. The van der Waals surface area contributed by atoms with Gasteiger partial charge < -0.3 is 0 Å². The Morgan fingerprint density at radius 2 is 1.22 bits per heavy atom. The van der Waals surface area contributed by atoms with E-state index >= 15 is 0 Å². The van der Waals surface area contributed by atoms with Gasteiger partial charge in [0.2, 0.25) is 6.17 Å². The summed E-state index contributed by atoms with van der Waals surface area (Å²) in [5.74, 6) is 0. The Morgan fingerprint density at radius 3 is 1.70 bits per heavy atom. The summed E-state index contributed by atoms with van der Waals surface area (Å²) in [6, 6.07) is 22.8. The molecule has 0 saturated carbocycles. The van der Waals surface area contributed by atoms with Crippen molar-refractivity contribution in [1.29, 1.82) is 0 Å². The first-order valence-electron chi connectivity index (χ1n) is 7.23. The van der Waals surface area contributed by atoms with Crippen molar-refractivity contribution in [1.82, 2.24) is 4.98 Å². The monoisotopic (exact) mass is 301 g/mol. The molecule has 1 heterocycles. The minimum atomic E-state index is -0.524. The third-order valence-electron chi connectivity index (χ3n) is 3.06. The predicted octanol–water partition coefficient (Wildman–Crippen LogP) is 5.65. The van der Waals surface area contributed by atoms with Crippen molar-refractivity contribution >= 4 is 11.4 Å². The summed E-state index contributed by atoms with van der Waals surface area (Å²) in [6.45, 7) is 0. The van der Waals surface area contributed by atoms with Crippen LogP contribution in [0, 0.1) is 0 Å². The van der Waals surface area contributed by atoms with Gasteiger partial charge in [-0.25, -0.2) is 0 Å². The minimum Gasteiger partial charge on any atom is -0.264 e. The third-order valence-corrected chi connectivity index (χ3v) is 3.06. The van der Waals surface area contributed by atoms with Gasteiger partial charge in [-0.05, 0) is 30.3 Å². The normalized spacial score (nSPS) is 12.7. The average molecular weight is 301 g/mol. The summed E-state index contributed by atoms with van der Waals surface area (Å²) in [7, 11) is 0. The lowest BCUT2D eigenvalue weighted by molar-refractivity contribution is 0.686. The number of benzene rings is 2. The van der Waals surface area contributed by atoms with E-state index in [-0.39, 0.29) is 0 Å². The zero-order valence-corrected chi connectivity index (χ0v) is 12.4. The number of azo groups is 2. The Balaban J connectivity index is 1.85. The number of hydrogen-bond donors (Lipinski definition) is 0. The van der Waals surface area contributed by atoms with Crippen molar-refractivity contribution in [3.63, 3.8) is 0 Å². The van der Waals surface area contributed by atoms with E-state index in [9.17, 15) is 0 Å². The second kappa shape index (κ2) is 7.70. The van der Waals surface area contributed by atoms with Crippen molar-refractivity contribution in [2.24, 2.45) is 20.5 Å². The molecule has 0 atom stereocenters. The second-order valence-electron chi connectivity index (χ2n) is 4.76. The van der Waals surface area contributed by atoms with Crippen LogP contribution in [0.15, 0.2) is 106 Å². The molecule has 112 valence electrons. The van der Waals surface area contributed by atoms with Gasteiger partial charge >= 0.3 is 0 Å². The van der Waals surface area contributed by atoms with Crippen molar-refractivity contribution in [3.8, 4) is 0 Å². The summed E-state index contributed by atoms with van der Waals surface area (Å²) < 4.78 is 0. The largest absolute Gasteiger partial charge is 0.264 e. The molecule has 3 aromatic rings. The van der Waals surface area contributed by atoms with Gasteiger partial charge in [0, 0.05) is 18.0 Å². The molecule has 0 spiro atoms. The van der Waals surface area contributed by atoms with Crippen LogP contribution in [0.4, 0.5) is 11.4 Å². The van der Waals surface area contributed by atoms with Gasteiger partial charge in [0.1, 0.15) is 0 Å². The van der Waals surface area contributed by atoms with Crippen molar-refractivity contribution < 1.29 is 0 Å². The molecule has 23 heavy (non-hydrogen) atoms. The van der Waals surface area contributed by atoms with E-state index in [1.165, 1.54) is 0 Å². The summed E-state index contributed by atoms with van der Waals surface area (Å²) in [6.07, 6.45) is 2.91. The molecule has 0 unspecified atom stereocenters. The SMILES string of the molecule is c1ccc(N=NC(N=Nc2ccccc2)c2cccnc2)cc1. The highest BCUT2D eigenvalue weighted by atomic mass is 15.3. The fourth-order valence-corrected chi connectivity index (χ4v) is 1.92. The second-order valence-corrected chi connectivity index (χ2v) is 4.76. The molecule has 0 radical (unpaired) electrons. The first kappa shape index (κ1) is 14.7. The summed E-state index contributed by atoms with van der Waals surface area (Å²) in [5, 5.41) is 17.1. The maximum atomic E-state index is 4.30. The number of pyridine rings is 1. The van der Waals surface area contributed by atoms with Gasteiger partial charge in [0.05, 0.1) is 11.4 Å². The van der Waals surface area contributed by atoms with Gasteiger partial charge in [-0.1, -0.05) is 42.5 Å². The molecule has 3 rings (SSSR count). The zero-order valence-electron chi connectivity index (χ0n) is 12.4. The lowest BCUT2D eigenvalue weighted by Gasteiger charge is -2.04. The smallest absolute Gasteiger partial charge is 0.208 e. The molecule has 1 aromatic heterocycles. The first-order chi connectivity index (χ1) is 11.4. The van der Waals surface area contributed by atoms with Gasteiger partial charge in [0.25, 0.3) is 0 Å². The average Bonchev–Trinajstić information content (AvgIpc) is 2.64. The lowest BCUT2D eigenvalue weighted by atomic mass is 10.2. The van der Waals surface area contributed by atoms with Gasteiger partial charge in [-0.3, -0.25) is 4.98 Å². The zero-order chi connectivity index (χ0) is 15.7. The molecule has 0 aliphatic heterocycles. The van der Waals surface area contributed by atoms with Crippen LogP contribution in [-0.2, 0) is 0 Å². The highest BCUT2D eigenvalue weighted by Crippen LogP contribution is 2.23. The van der Waals surface area contributed by atoms with E-state index in [1.54, 1.807) is 12.4 Å². The van der Waals surface area contributed by atoms with Crippen LogP contribution < -0.4 is 0 Å². The quantitative estimate of drug-likeness (QED) is 0.562. The van der Waals surface area contributed by atoms with E-state index < -0.39 is 6.17 Å². The van der Waals surface area contributed by atoms with Crippen molar-refractivity contribution in [3.05, 3.63) is 90.8 Å². The Hall–Kier alpha value is -3.21. The molecular formula is C18H15N5. The Bertz CT molecular complexity index is 721. The number of nitrogens with zero attached hydrogens (tertiary/aromatic N) is 5. The van der Waals surface area contributed by atoms with E-state index in [2.05, 4.69) is 25.4 Å². The third kappa shape index (κ3) is 4.38. The lowest BCUT2D eigenvalue weighted by Crippen LogP contribution is -1.90. The Morgan fingerprint density at radius 1 is 0.652 bits per heavy atom. The van der Waals surface area contributed by atoms with E-state index in [0.29, 0.717) is 0 Å². The molecule has 0 amide bonds. The maximum Gasteiger partial charge on any atom is 0.208 e. The first-order valence-corrected chi connectivity index (χ1v) is 7.23. The van der Waals surface area contributed by atoms with Crippen LogP contribution in [0.1, 0.15) is 11.7 Å². The van der Waals surface area contributed by atoms with Gasteiger partial charge in [0.15, 0.2) is 0 Å². The molecule has 0 aliphatic rings. The maximum absolute atomic E-state index is 4.30. The molecular weight excluding hydrogens is 286 g/mol. The minimum absolute atomic E-state index is 0.524. The van der Waals surface area contributed by atoms with Crippen LogP contribution in [0.2, 0.25) is 0 Å². The fraction of sp³-hybridized carbons (Fsp3) is 0.0556. The number of rotatable bonds is 5. The van der Waals surface area contributed by atoms with Crippen LogP contribution >= 0.6 is 0 Å². The molecule has 0 fully saturated rings. The van der Waals surface area contributed by atoms with E-state index in [0.717, 1.165) is 16.9 Å². The summed E-state index contributed by atoms with van der Waals surface area (Å²) in [5.41, 5.74) is 2.39. The Kier molecular flexibility index (Phi) is 4.93. The molecule has 5 heteroatoms. The summed E-state index contributed by atoms with van der Waals surface area (Å²) >= 11 is 0. The molecule has 5 nitrogen and oxygen atoms in total. The number of aromatic nitrogens is 1. The van der Waals surface area contributed by atoms with Crippen LogP contribution in [-0.4, -0.2) is 4.98 Å².